The highest BCUT2D eigenvalue weighted by Crippen LogP contribution is 2.27. The van der Waals surface area contributed by atoms with E-state index in [1.165, 1.54) is 0 Å². The highest BCUT2D eigenvalue weighted by Gasteiger charge is 2.26. The molecule has 2 aromatic carbocycles. The summed E-state index contributed by atoms with van der Waals surface area (Å²) in [5.74, 6) is 0.523. The van der Waals surface area contributed by atoms with E-state index in [4.69, 9.17) is 4.84 Å². The topological polar surface area (TPSA) is 54.8 Å². The number of rotatable bonds is 5. The lowest BCUT2D eigenvalue weighted by atomic mass is 9.87. The summed E-state index contributed by atoms with van der Waals surface area (Å²) in [7, 11) is 1.59. The van der Waals surface area contributed by atoms with Crippen molar-refractivity contribution in [2.75, 3.05) is 20.2 Å². The minimum atomic E-state index is 0.230. The molecule has 1 saturated heterocycles. The minimum Gasteiger partial charge on any atom is -0.399 e. The second kappa shape index (κ2) is 9.08. The number of fused-ring (bicyclic) bond motifs is 1. The van der Waals surface area contributed by atoms with E-state index in [1.807, 2.05) is 24.1 Å². The van der Waals surface area contributed by atoms with Crippen LogP contribution in [0.25, 0.3) is 22.0 Å². The highest BCUT2D eigenvalue weighted by atomic mass is 16.6. The second-order valence-corrected chi connectivity index (χ2v) is 7.66. The molecule has 1 fully saturated rings. The zero-order chi connectivity index (χ0) is 20.9. The molecule has 2 heterocycles. The molecule has 1 aromatic heterocycles. The highest BCUT2D eigenvalue weighted by molar-refractivity contribution is 6.02. The Hall–Kier alpha value is -3.21. The van der Waals surface area contributed by atoms with Gasteiger partial charge in [-0.1, -0.05) is 54.5 Å². The van der Waals surface area contributed by atoms with Gasteiger partial charge in [0.05, 0.1) is 11.2 Å². The molecule has 0 spiro atoms. The van der Waals surface area contributed by atoms with E-state index in [-0.39, 0.29) is 5.91 Å². The lowest BCUT2D eigenvalue weighted by Crippen LogP contribution is -2.40. The van der Waals surface area contributed by atoms with E-state index in [0.29, 0.717) is 12.3 Å². The van der Waals surface area contributed by atoms with Crippen LogP contribution in [0.4, 0.5) is 0 Å². The van der Waals surface area contributed by atoms with Crippen molar-refractivity contribution in [3.63, 3.8) is 0 Å². The van der Waals surface area contributed by atoms with Gasteiger partial charge in [0.25, 0.3) is 0 Å². The van der Waals surface area contributed by atoms with Crippen molar-refractivity contribution >= 4 is 22.5 Å². The van der Waals surface area contributed by atoms with Crippen LogP contribution >= 0.6 is 0 Å². The molecule has 0 unspecified atom stereocenters. The SMILES string of the molecule is CCC(=O)N1CCC(/C(=N\OC)c2ccc(-c3ccc4cccnc4c3)cc2)CC1. The molecule has 1 amide bonds. The second-order valence-electron chi connectivity index (χ2n) is 7.66. The Kier molecular flexibility index (Phi) is 6.07. The Morgan fingerprint density at radius 1 is 1.10 bits per heavy atom. The number of hydrogen-bond donors (Lipinski definition) is 0. The zero-order valence-corrected chi connectivity index (χ0v) is 17.5. The van der Waals surface area contributed by atoms with Crippen LogP contribution in [-0.2, 0) is 9.63 Å². The fraction of sp³-hybridized carbons (Fsp3) is 0.320. The maximum atomic E-state index is 12.0. The van der Waals surface area contributed by atoms with Gasteiger partial charge in [0, 0.05) is 37.0 Å². The van der Waals surface area contributed by atoms with Crippen molar-refractivity contribution < 1.29 is 9.63 Å². The number of oxime groups is 1. The van der Waals surface area contributed by atoms with Crippen LogP contribution in [0.15, 0.2) is 65.9 Å². The van der Waals surface area contributed by atoms with Crippen LogP contribution in [0.2, 0.25) is 0 Å². The quantitative estimate of drug-likeness (QED) is 0.451. The van der Waals surface area contributed by atoms with Gasteiger partial charge in [-0.05, 0) is 41.7 Å². The van der Waals surface area contributed by atoms with Crippen molar-refractivity contribution in [3.8, 4) is 11.1 Å². The molecule has 30 heavy (non-hydrogen) atoms. The van der Waals surface area contributed by atoms with Crippen LogP contribution in [0.5, 0.6) is 0 Å². The molecule has 0 N–H and O–H groups in total. The third-order valence-electron chi connectivity index (χ3n) is 5.85. The Labute approximate surface area is 177 Å². The largest absolute Gasteiger partial charge is 0.399 e. The average molecular weight is 402 g/mol. The molecule has 154 valence electrons. The van der Waals surface area contributed by atoms with E-state index in [2.05, 4.69) is 58.7 Å². The first kappa shape index (κ1) is 20.1. The Balaban J connectivity index is 1.53. The van der Waals surface area contributed by atoms with E-state index >= 15 is 0 Å². The minimum absolute atomic E-state index is 0.230. The molecule has 0 aliphatic carbocycles. The molecule has 5 heteroatoms. The number of hydrogen-bond acceptors (Lipinski definition) is 4. The molecular weight excluding hydrogens is 374 g/mol. The zero-order valence-electron chi connectivity index (χ0n) is 17.5. The summed E-state index contributed by atoms with van der Waals surface area (Å²) in [6.45, 7) is 3.48. The van der Waals surface area contributed by atoms with E-state index in [9.17, 15) is 4.79 Å². The Bertz CT molecular complexity index is 1050. The van der Waals surface area contributed by atoms with Gasteiger partial charge in [-0.25, -0.2) is 0 Å². The number of nitrogens with zero attached hydrogens (tertiary/aromatic N) is 3. The summed E-state index contributed by atoms with van der Waals surface area (Å²) >= 11 is 0. The van der Waals surface area contributed by atoms with Gasteiger partial charge < -0.3 is 9.74 Å². The van der Waals surface area contributed by atoms with Crippen molar-refractivity contribution in [3.05, 3.63) is 66.4 Å². The van der Waals surface area contributed by atoms with Gasteiger partial charge in [-0.15, -0.1) is 0 Å². The molecule has 0 saturated carbocycles. The number of likely N-dealkylation sites (tertiary alicyclic amines) is 1. The number of piperidine rings is 1. The molecule has 1 aliphatic rings. The van der Waals surface area contributed by atoms with Gasteiger partial charge >= 0.3 is 0 Å². The summed E-state index contributed by atoms with van der Waals surface area (Å²) in [5.41, 5.74) is 5.32. The molecule has 1 aliphatic heterocycles. The summed E-state index contributed by atoms with van der Waals surface area (Å²) < 4.78 is 0. The molecule has 0 bridgehead atoms. The molecule has 3 aromatic rings. The maximum Gasteiger partial charge on any atom is 0.222 e. The Morgan fingerprint density at radius 3 is 2.53 bits per heavy atom. The number of benzene rings is 2. The predicted molar refractivity (Wildman–Crippen MR) is 120 cm³/mol. The van der Waals surface area contributed by atoms with Crippen molar-refractivity contribution in [2.45, 2.75) is 26.2 Å². The van der Waals surface area contributed by atoms with Crippen molar-refractivity contribution in [1.82, 2.24) is 9.88 Å². The summed E-state index contributed by atoms with van der Waals surface area (Å²) in [6, 6.07) is 18.9. The maximum absolute atomic E-state index is 12.0. The van der Waals surface area contributed by atoms with Crippen LogP contribution in [0, 0.1) is 5.92 Å². The third-order valence-corrected chi connectivity index (χ3v) is 5.85. The third kappa shape index (κ3) is 4.20. The number of carbonyl (C=O) groups is 1. The van der Waals surface area contributed by atoms with Gasteiger partial charge in [0.2, 0.25) is 5.91 Å². The van der Waals surface area contributed by atoms with Gasteiger partial charge in [0.15, 0.2) is 0 Å². The van der Waals surface area contributed by atoms with Crippen molar-refractivity contribution in [2.24, 2.45) is 11.1 Å². The predicted octanol–water partition coefficient (Wildman–Crippen LogP) is 4.90. The smallest absolute Gasteiger partial charge is 0.222 e. The molecule has 4 rings (SSSR count). The van der Waals surface area contributed by atoms with Crippen LogP contribution < -0.4 is 0 Å². The van der Waals surface area contributed by atoms with Gasteiger partial charge in [-0.2, -0.15) is 0 Å². The first-order valence-corrected chi connectivity index (χ1v) is 10.5. The molecule has 0 atom stereocenters. The monoisotopic (exact) mass is 401 g/mol. The molecule has 5 nitrogen and oxygen atoms in total. The van der Waals surface area contributed by atoms with Crippen LogP contribution in [0.1, 0.15) is 31.7 Å². The first-order chi connectivity index (χ1) is 14.7. The van der Waals surface area contributed by atoms with Crippen LogP contribution in [0.3, 0.4) is 0 Å². The van der Waals surface area contributed by atoms with Crippen LogP contribution in [-0.4, -0.2) is 41.7 Å². The molecule has 0 radical (unpaired) electrons. The fourth-order valence-electron chi connectivity index (χ4n) is 4.17. The van der Waals surface area contributed by atoms with E-state index in [1.54, 1.807) is 7.11 Å². The standard InChI is InChI=1S/C25H27N3O2/c1-3-24(29)28-15-12-21(13-16-28)25(27-30-2)20-9-6-18(7-10-20)22-11-8-19-5-4-14-26-23(19)17-22/h4-11,14,17,21H,3,12-13,15-16H2,1-2H3/b27-25-. The summed E-state index contributed by atoms with van der Waals surface area (Å²) in [4.78, 5) is 23.5. The van der Waals surface area contributed by atoms with Gasteiger partial charge in [-0.3, -0.25) is 9.78 Å². The lowest BCUT2D eigenvalue weighted by Gasteiger charge is -2.32. The normalized spacial score (nSPS) is 15.4. The van der Waals surface area contributed by atoms with E-state index < -0.39 is 0 Å². The number of aromatic nitrogens is 1. The first-order valence-electron chi connectivity index (χ1n) is 10.5. The molecular formula is C25H27N3O2. The number of amides is 1. The van der Waals surface area contributed by atoms with Gasteiger partial charge in [0.1, 0.15) is 7.11 Å². The Morgan fingerprint density at radius 2 is 1.83 bits per heavy atom. The van der Waals surface area contributed by atoms with Crippen molar-refractivity contribution in [1.29, 1.82) is 0 Å². The fourth-order valence-corrected chi connectivity index (χ4v) is 4.17. The summed E-state index contributed by atoms with van der Waals surface area (Å²) in [5, 5.41) is 5.49. The summed E-state index contributed by atoms with van der Waals surface area (Å²) in [6.07, 6.45) is 4.20. The lowest BCUT2D eigenvalue weighted by molar-refractivity contribution is -0.131. The number of carbonyl (C=O) groups excluding carboxylic acids is 1. The van der Waals surface area contributed by atoms with E-state index in [0.717, 1.165) is 59.2 Å². The number of pyridine rings is 1. The average Bonchev–Trinajstić information content (AvgIpc) is 2.82.